The van der Waals surface area contributed by atoms with Gasteiger partial charge in [-0.25, -0.2) is 12.8 Å². The molecule has 0 radical (unpaired) electrons. The Labute approximate surface area is 185 Å². The zero-order chi connectivity index (χ0) is 22.9. The van der Waals surface area contributed by atoms with E-state index < -0.39 is 21.8 Å². The number of rotatable bonds is 4. The highest BCUT2D eigenvalue weighted by Crippen LogP contribution is 2.29. The SMILES string of the molecule is N#Cc1ccccc1S(=O)(=O)N1CCN(C(=O)[C@@H]2CC(=O)N(c3ccccc3F)C2)CC1. The molecule has 1 atom stereocenters. The Morgan fingerprint density at radius 3 is 2.38 bits per heavy atom. The number of benzene rings is 2. The normalized spacial score (nSPS) is 19.8. The maximum atomic E-state index is 14.1. The molecule has 2 amide bonds. The largest absolute Gasteiger partial charge is 0.340 e. The second-order valence-corrected chi connectivity index (χ2v) is 9.60. The van der Waals surface area contributed by atoms with E-state index in [2.05, 4.69) is 0 Å². The van der Waals surface area contributed by atoms with Gasteiger partial charge in [-0.3, -0.25) is 9.59 Å². The van der Waals surface area contributed by atoms with Gasteiger partial charge >= 0.3 is 0 Å². The number of anilines is 1. The van der Waals surface area contributed by atoms with Gasteiger partial charge in [-0.15, -0.1) is 0 Å². The summed E-state index contributed by atoms with van der Waals surface area (Å²) >= 11 is 0. The topological polar surface area (TPSA) is 102 Å². The van der Waals surface area contributed by atoms with Crippen molar-refractivity contribution in [3.63, 3.8) is 0 Å². The molecule has 0 aromatic heterocycles. The summed E-state index contributed by atoms with van der Waals surface area (Å²) in [7, 11) is -3.86. The van der Waals surface area contributed by atoms with Crippen LogP contribution in [-0.2, 0) is 19.6 Å². The van der Waals surface area contributed by atoms with Gasteiger partial charge in [0.1, 0.15) is 11.9 Å². The summed E-state index contributed by atoms with van der Waals surface area (Å²) in [5.41, 5.74) is 0.226. The van der Waals surface area contributed by atoms with Crippen LogP contribution in [0.1, 0.15) is 12.0 Å². The highest BCUT2D eigenvalue weighted by molar-refractivity contribution is 7.89. The van der Waals surface area contributed by atoms with E-state index in [0.717, 1.165) is 0 Å². The fourth-order valence-corrected chi connectivity index (χ4v) is 5.67. The molecule has 0 unspecified atom stereocenters. The maximum Gasteiger partial charge on any atom is 0.244 e. The third-order valence-electron chi connectivity index (χ3n) is 5.79. The first kappa shape index (κ1) is 21.9. The monoisotopic (exact) mass is 456 g/mol. The van der Waals surface area contributed by atoms with Gasteiger partial charge in [-0.1, -0.05) is 24.3 Å². The molecule has 2 aliphatic rings. The van der Waals surface area contributed by atoms with Crippen LogP contribution in [0, 0.1) is 23.1 Å². The Morgan fingerprint density at radius 1 is 1.03 bits per heavy atom. The molecule has 0 aliphatic carbocycles. The van der Waals surface area contributed by atoms with Crippen LogP contribution in [0.25, 0.3) is 0 Å². The number of nitriles is 1. The minimum Gasteiger partial charge on any atom is -0.340 e. The number of halogens is 1. The molecule has 8 nitrogen and oxygen atoms in total. The number of carbonyl (C=O) groups is 2. The Morgan fingerprint density at radius 2 is 1.69 bits per heavy atom. The molecule has 0 N–H and O–H groups in total. The van der Waals surface area contributed by atoms with Gasteiger partial charge in [0.15, 0.2) is 0 Å². The molecule has 2 fully saturated rings. The fraction of sp³-hybridized carbons (Fsp3) is 0.318. The van der Waals surface area contributed by atoms with Gasteiger partial charge in [0.05, 0.1) is 22.1 Å². The van der Waals surface area contributed by atoms with E-state index in [1.165, 1.54) is 39.5 Å². The quantitative estimate of drug-likeness (QED) is 0.695. The first-order valence-electron chi connectivity index (χ1n) is 10.2. The molecule has 2 aliphatic heterocycles. The minimum atomic E-state index is -3.86. The summed E-state index contributed by atoms with van der Waals surface area (Å²) < 4.78 is 41.3. The van der Waals surface area contributed by atoms with Gasteiger partial charge in [0, 0.05) is 39.1 Å². The van der Waals surface area contributed by atoms with E-state index in [0.29, 0.717) is 0 Å². The van der Waals surface area contributed by atoms with Crippen LogP contribution in [0.15, 0.2) is 53.4 Å². The van der Waals surface area contributed by atoms with Crippen molar-refractivity contribution in [2.45, 2.75) is 11.3 Å². The summed E-state index contributed by atoms with van der Waals surface area (Å²) in [6.45, 7) is 0.623. The zero-order valence-corrected chi connectivity index (χ0v) is 18.0. The number of nitrogens with zero attached hydrogens (tertiary/aromatic N) is 4. The lowest BCUT2D eigenvalue weighted by molar-refractivity contribution is -0.136. The van der Waals surface area contributed by atoms with E-state index >= 15 is 0 Å². The van der Waals surface area contributed by atoms with E-state index in [1.807, 2.05) is 6.07 Å². The maximum absolute atomic E-state index is 14.1. The number of amides is 2. The number of hydrogen-bond acceptors (Lipinski definition) is 5. The summed E-state index contributed by atoms with van der Waals surface area (Å²) in [5.74, 6) is -1.69. The van der Waals surface area contributed by atoms with Crippen LogP contribution in [0.4, 0.5) is 10.1 Å². The van der Waals surface area contributed by atoms with Crippen LogP contribution in [0.3, 0.4) is 0 Å². The Hall–Kier alpha value is -3.29. The van der Waals surface area contributed by atoms with Crippen LogP contribution >= 0.6 is 0 Å². The number of carbonyl (C=O) groups excluding carboxylic acids is 2. The smallest absolute Gasteiger partial charge is 0.244 e. The number of para-hydroxylation sites is 1. The number of hydrogen-bond donors (Lipinski definition) is 0. The molecule has 32 heavy (non-hydrogen) atoms. The number of sulfonamides is 1. The van der Waals surface area contributed by atoms with Crippen molar-refractivity contribution in [2.75, 3.05) is 37.6 Å². The van der Waals surface area contributed by atoms with E-state index in [1.54, 1.807) is 23.1 Å². The molecular formula is C22H21FN4O4S. The average molecular weight is 456 g/mol. The van der Waals surface area contributed by atoms with Crippen molar-refractivity contribution in [1.82, 2.24) is 9.21 Å². The Kier molecular flexibility index (Phi) is 5.95. The van der Waals surface area contributed by atoms with E-state index in [-0.39, 0.29) is 67.1 Å². The standard InChI is InChI=1S/C22H21FN4O4S/c23-18-6-2-3-7-19(18)27-15-17(13-21(27)28)22(29)25-9-11-26(12-10-25)32(30,31)20-8-4-1-5-16(20)14-24/h1-8,17H,9-13,15H2/t17-/m1/s1. The number of piperazine rings is 1. The van der Waals surface area contributed by atoms with Gasteiger partial charge in [-0.2, -0.15) is 9.57 Å². The van der Waals surface area contributed by atoms with Gasteiger partial charge in [0.25, 0.3) is 0 Å². The molecular weight excluding hydrogens is 435 g/mol. The molecule has 2 aromatic rings. The van der Waals surface area contributed by atoms with Crippen LogP contribution in [0.2, 0.25) is 0 Å². The van der Waals surface area contributed by atoms with Crippen molar-refractivity contribution in [3.8, 4) is 6.07 Å². The Balaban J connectivity index is 1.42. The van der Waals surface area contributed by atoms with Crippen molar-refractivity contribution in [2.24, 2.45) is 5.92 Å². The van der Waals surface area contributed by atoms with Crippen molar-refractivity contribution in [3.05, 3.63) is 59.9 Å². The first-order chi connectivity index (χ1) is 15.3. The lowest BCUT2D eigenvalue weighted by Gasteiger charge is -2.35. The first-order valence-corrected chi connectivity index (χ1v) is 11.6. The molecule has 10 heteroatoms. The molecule has 166 valence electrons. The summed E-state index contributed by atoms with van der Waals surface area (Å²) in [6.07, 6.45) is -0.0127. The van der Waals surface area contributed by atoms with Crippen LogP contribution < -0.4 is 4.90 Å². The molecule has 0 spiro atoms. The van der Waals surface area contributed by atoms with Crippen LogP contribution in [0.5, 0.6) is 0 Å². The highest BCUT2D eigenvalue weighted by Gasteiger charge is 2.39. The summed E-state index contributed by atoms with van der Waals surface area (Å²) in [6, 6.07) is 13.8. The minimum absolute atomic E-state index is 0.0127. The predicted octanol–water partition coefficient (Wildman–Crippen LogP) is 1.58. The van der Waals surface area contributed by atoms with E-state index in [4.69, 9.17) is 0 Å². The highest BCUT2D eigenvalue weighted by atomic mass is 32.2. The molecule has 2 aromatic carbocycles. The Bertz CT molecular complexity index is 1200. The molecule has 4 rings (SSSR count). The zero-order valence-electron chi connectivity index (χ0n) is 17.1. The van der Waals surface area contributed by atoms with Crippen molar-refractivity contribution >= 4 is 27.5 Å². The van der Waals surface area contributed by atoms with E-state index in [9.17, 15) is 27.7 Å². The second-order valence-electron chi connectivity index (χ2n) is 7.69. The summed E-state index contributed by atoms with van der Waals surface area (Å²) in [5, 5.41) is 9.22. The van der Waals surface area contributed by atoms with Gasteiger partial charge in [0.2, 0.25) is 21.8 Å². The van der Waals surface area contributed by atoms with Crippen molar-refractivity contribution < 1.29 is 22.4 Å². The summed E-state index contributed by atoms with van der Waals surface area (Å²) in [4.78, 5) is 28.2. The lowest BCUT2D eigenvalue weighted by Crippen LogP contribution is -2.52. The third kappa shape index (κ3) is 3.97. The molecule has 0 saturated carbocycles. The molecule has 0 bridgehead atoms. The third-order valence-corrected chi connectivity index (χ3v) is 7.75. The second kappa shape index (κ2) is 8.68. The lowest BCUT2D eigenvalue weighted by atomic mass is 10.1. The molecule has 2 saturated heterocycles. The molecule has 2 heterocycles. The van der Waals surface area contributed by atoms with Crippen molar-refractivity contribution in [1.29, 1.82) is 5.26 Å². The van der Waals surface area contributed by atoms with Gasteiger partial charge < -0.3 is 9.80 Å². The average Bonchev–Trinajstić information content (AvgIpc) is 3.20. The van der Waals surface area contributed by atoms with Gasteiger partial charge in [-0.05, 0) is 24.3 Å². The fourth-order valence-electron chi connectivity index (χ4n) is 4.11. The van der Waals surface area contributed by atoms with Crippen LogP contribution in [-0.4, -0.2) is 62.2 Å². The predicted molar refractivity (Wildman–Crippen MR) is 113 cm³/mol.